The zero-order chi connectivity index (χ0) is 11.5. The van der Waals surface area contributed by atoms with E-state index in [-0.39, 0.29) is 0 Å². The van der Waals surface area contributed by atoms with Gasteiger partial charge in [-0.05, 0) is 0 Å². The zero-order valence-corrected chi connectivity index (χ0v) is 9.04. The predicted molar refractivity (Wildman–Crippen MR) is 67.1 cm³/mol. The molecule has 0 atom stereocenters. The molecule has 17 heavy (non-hydrogen) atoms. The van der Waals surface area contributed by atoms with Crippen LogP contribution in [-0.2, 0) is 0 Å². The number of rotatable bonds is 2. The molecular formula is C13H10N4. The second-order valence-electron chi connectivity index (χ2n) is 3.62. The highest BCUT2D eigenvalue weighted by molar-refractivity contribution is 5.93. The minimum absolute atomic E-state index is 0.714. The fraction of sp³-hybridized carbons (Fsp3) is 0. The van der Waals surface area contributed by atoms with Crippen molar-refractivity contribution in [1.82, 2.24) is 15.0 Å². The van der Waals surface area contributed by atoms with Crippen molar-refractivity contribution in [2.45, 2.75) is 0 Å². The summed E-state index contributed by atoms with van der Waals surface area (Å²) < 4.78 is 0. The van der Waals surface area contributed by atoms with E-state index in [1.807, 2.05) is 24.4 Å². The molecule has 0 aliphatic carbocycles. The van der Waals surface area contributed by atoms with E-state index in [9.17, 15) is 0 Å². The van der Waals surface area contributed by atoms with Gasteiger partial charge in [0, 0.05) is 29.4 Å². The van der Waals surface area contributed by atoms with Gasteiger partial charge >= 0.3 is 0 Å². The third kappa shape index (κ3) is 1.92. The molecule has 3 aromatic rings. The van der Waals surface area contributed by atoms with Crippen molar-refractivity contribution in [2.75, 3.05) is 5.32 Å². The quantitative estimate of drug-likeness (QED) is 0.724. The summed E-state index contributed by atoms with van der Waals surface area (Å²) in [4.78, 5) is 12.4. The van der Waals surface area contributed by atoms with E-state index in [1.165, 1.54) is 0 Å². The van der Waals surface area contributed by atoms with Crippen molar-refractivity contribution < 1.29 is 0 Å². The maximum absolute atomic E-state index is 4.20. The van der Waals surface area contributed by atoms with E-state index in [2.05, 4.69) is 26.3 Å². The van der Waals surface area contributed by atoms with Gasteiger partial charge in [-0.1, -0.05) is 24.3 Å². The first-order valence-corrected chi connectivity index (χ1v) is 5.29. The van der Waals surface area contributed by atoms with E-state index in [4.69, 9.17) is 0 Å². The van der Waals surface area contributed by atoms with Gasteiger partial charge in [-0.15, -0.1) is 0 Å². The first-order valence-electron chi connectivity index (χ1n) is 5.29. The maximum Gasteiger partial charge on any atom is 0.148 e. The molecule has 0 radical (unpaired) electrons. The Balaban J connectivity index is 2.06. The fourth-order valence-electron chi connectivity index (χ4n) is 1.72. The summed E-state index contributed by atoms with van der Waals surface area (Å²) in [6, 6.07) is 8.08. The molecule has 1 N–H and O–H groups in total. The molecule has 0 bridgehead atoms. The van der Waals surface area contributed by atoms with Gasteiger partial charge in [0.05, 0.1) is 18.1 Å². The Hall–Kier alpha value is -2.49. The Bertz CT molecular complexity index is 632. The van der Waals surface area contributed by atoms with Crippen LogP contribution in [0.1, 0.15) is 0 Å². The monoisotopic (exact) mass is 222 g/mol. The highest BCUT2D eigenvalue weighted by atomic mass is 15.0. The van der Waals surface area contributed by atoms with Crippen molar-refractivity contribution in [2.24, 2.45) is 0 Å². The Morgan fingerprint density at radius 2 is 1.82 bits per heavy atom. The molecule has 0 aliphatic rings. The summed E-state index contributed by atoms with van der Waals surface area (Å²) in [5.41, 5.74) is 0.934. The van der Waals surface area contributed by atoms with Crippen molar-refractivity contribution in [3.05, 3.63) is 55.2 Å². The first-order chi connectivity index (χ1) is 8.43. The van der Waals surface area contributed by atoms with Crippen LogP contribution in [0.4, 0.5) is 11.5 Å². The lowest BCUT2D eigenvalue weighted by atomic mass is 10.1. The third-order valence-electron chi connectivity index (χ3n) is 2.49. The maximum atomic E-state index is 4.20. The summed E-state index contributed by atoms with van der Waals surface area (Å²) in [7, 11) is 0. The molecule has 3 rings (SSSR count). The molecule has 2 heterocycles. The van der Waals surface area contributed by atoms with Gasteiger partial charge in [-0.3, -0.25) is 9.97 Å². The molecule has 1 aromatic carbocycles. The average Bonchev–Trinajstić information content (AvgIpc) is 2.40. The van der Waals surface area contributed by atoms with E-state index in [1.54, 1.807) is 24.8 Å². The number of benzene rings is 1. The predicted octanol–water partition coefficient (Wildman–Crippen LogP) is 2.77. The first kappa shape index (κ1) is 9.72. The smallest absolute Gasteiger partial charge is 0.148 e. The average molecular weight is 222 g/mol. The topological polar surface area (TPSA) is 50.7 Å². The summed E-state index contributed by atoms with van der Waals surface area (Å²) >= 11 is 0. The Morgan fingerprint density at radius 1 is 0.882 bits per heavy atom. The van der Waals surface area contributed by atoms with Crippen molar-refractivity contribution in [3.8, 4) is 0 Å². The van der Waals surface area contributed by atoms with Gasteiger partial charge < -0.3 is 5.32 Å². The summed E-state index contributed by atoms with van der Waals surface area (Å²) in [5.74, 6) is 0.714. The lowest BCUT2D eigenvalue weighted by Crippen LogP contribution is -1.95. The van der Waals surface area contributed by atoms with Gasteiger partial charge in [-0.2, -0.15) is 0 Å². The molecule has 4 heteroatoms. The molecule has 2 aromatic heterocycles. The number of pyridine rings is 1. The molecule has 4 nitrogen and oxygen atoms in total. The largest absolute Gasteiger partial charge is 0.337 e. The number of hydrogen-bond acceptors (Lipinski definition) is 4. The highest BCUT2D eigenvalue weighted by Gasteiger charge is 2.01. The van der Waals surface area contributed by atoms with E-state index in [0.717, 1.165) is 16.5 Å². The fourth-order valence-corrected chi connectivity index (χ4v) is 1.72. The Kier molecular flexibility index (Phi) is 2.38. The Morgan fingerprint density at radius 3 is 2.71 bits per heavy atom. The van der Waals surface area contributed by atoms with Crippen LogP contribution >= 0.6 is 0 Å². The van der Waals surface area contributed by atoms with Gasteiger partial charge in [0.25, 0.3) is 0 Å². The van der Waals surface area contributed by atoms with Crippen LogP contribution < -0.4 is 5.32 Å². The molecular weight excluding hydrogens is 212 g/mol. The van der Waals surface area contributed by atoms with Gasteiger partial charge in [0.2, 0.25) is 0 Å². The molecule has 0 spiro atoms. The molecule has 0 saturated carbocycles. The molecule has 0 saturated heterocycles. The lowest BCUT2D eigenvalue weighted by Gasteiger charge is -2.07. The zero-order valence-electron chi connectivity index (χ0n) is 9.04. The van der Waals surface area contributed by atoms with Crippen LogP contribution in [0.15, 0.2) is 55.2 Å². The molecule has 0 aliphatic heterocycles. The Labute approximate surface area is 98.4 Å². The molecule has 0 unspecified atom stereocenters. The van der Waals surface area contributed by atoms with Crippen LogP contribution in [0.3, 0.4) is 0 Å². The number of hydrogen-bond donors (Lipinski definition) is 1. The van der Waals surface area contributed by atoms with E-state index >= 15 is 0 Å². The molecule has 0 fully saturated rings. The SMILES string of the molecule is c1ccc2c(Nc3cnccn3)cncc2c1. The van der Waals surface area contributed by atoms with Crippen LogP contribution in [-0.4, -0.2) is 15.0 Å². The summed E-state index contributed by atoms with van der Waals surface area (Å²) in [5, 5.41) is 5.43. The second-order valence-corrected chi connectivity index (χ2v) is 3.62. The van der Waals surface area contributed by atoms with Crippen LogP contribution in [0.5, 0.6) is 0 Å². The molecule has 0 amide bonds. The van der Waals surface area contributed by atoms with Crippen molar-refractivity contribution in [3.63, 3.8) is 0 Å². The normalized spacial score (nSPS) is 10.4. The van der Waals surface area contributed by atoms with Gasteiger partial charge in [0.1, 0.15) is 5.82 Å². The van der Waals surface area contributed by atoms with Crippen LogP contribution in [0.2, 0.25) is 0 Å². The minimum Gasteiger partial charge on any atom is -0.337 e. The highest BCUT2D eigenvalue weighted by Crippen LogP contribution is 2.23. The van der Waals surface area contributed by atoms with Crippen LogP contribution in [0, 0.1) is 0 Å². The van der Waals surface area contributed by atoms with Crippen molar-refractivity contribution in [1.29, 1.82) is 0 Å². The van der Waals surface area contributed by atoms with Crippen molar-refractivity contribution >= 4 is 22.3 Å². The van der Waals surface area contributed by atoms with Crippen LogP contribution in [0.25, 0.3) is 10.8 Å². The minimum atomic E-state index is 0.714. The number of nitrogens with zero attached hydrogens (tertiary/aromatic N) is 3. The van der Waals surface area contributed by atoms with Gasteiger partial charge in [0.15, 0.2) is 0 Å². The number of aromatic nitrogens is 3. The van der Waals surface area contributed by atoms with E-state index in [0.29, 0.717) is 5.82 Å². The standard InChI is InChI=1S/C13H10N4/c1-2-4-11-10(3-1)7-15-8-12(11)17-13-9-14-5-6-16-13/h1-9H,(H,16,17). The third-order valence-corrected chi connectivity index (χ3v) is 2.49. The summed E-state index contributed by atoms with van der Waals surface area (Å²) in [6.07, 6.45) is 8.61. The van der Waals surface area contributed by atoms with E-state index < -0.39 is 0 Å². The molecule has 82 valence electrons. The number of fused-ring (bicyclic) bond motifs is 1. The number of nitrogens with one attached hydrogen (secondary N) is 1. The number of anilines is 2. The second kappa shape index (κ2) is 4.17. The summed E-state index contributed by atoms with van der Waals surface area (Å²) in [6.45, 7) is 0. The van der Waals surface area contributed by atoms with Gasteiger partial charge in [-0.25, -0.2) is 4.98 Å². The lowest BCUT2D eigenvalue weighted by molar-refractivity contribution is 1.20.